The van der Waals surface area contributed by atoms with Gasteiger partial charge in [0.25, 0.3) is 0 Å². The Kier molecular flexibility index (Phi) is 14.5. The minimum Gasteiger partial charge on any atom is -0.508 e. The molecule has 2 saturated heterocycles. The molecule has 7 atom stereocenters. The second-order valence-corrected chi connectivity index (χ2v) is 14.2. The third-order valence-electron chi connectivity index (χ3n) is 8.63. The number of fused-ring (bicyclic) bond motifs is 1. The number of rotatable bonds is 19. The summed E-state index contributed by atoms with van der Waals surface area (Å²) in [6.07, 6.45) is 1.31. The SMILES string of the molecule is CC(C)[C@H](NC(=O)[C@H](Cc1ccc(O)cc1)NC(=O)CCCC[C@@H]1SC[C@@H]2NC(=O)N[C@@H]21)C(=O)N([C@@H](C)C(N)=O)[C@@H](CC(=O)O)C(=O)CCl. The Hall–Kier alpha value is -4.05. The molecule has 0 bridgehead atoms. The normalized spacial score (nSPS) is 20.6. The molecule has 49 heavy (non-hydrogen) atoms. The number of hydrogen-bond acceptors (Lipinski definition) is 9. The van der Waals surface area contributed by atoms with Crippen molar-refractivity contribution in [2.75, 3.05) is 11.6 Å². The van der Waals surface area contributed by atoms with E-state index in [0.717, 1.165) is 23.5 Å². The number of primary amides is 1. The van der Waals surface area contributed by atoms with Gasteiger partial charge in [0.05, 0.1) is 24.4 Å². The summed E-state index contributed by atoms with van der Waals surface area (Å²) in [7, 11) is 0. The zero-order chi connectivity index (χ0) is 36.4. The van der Waals surface area contributed by atoms with Crippen molar-refractivity contribution in [2.45, 2.75) is 101 Å². The third-order valence-corrected chi connectivity index (χ3v) is 10.4. The highest BCUT2D eigenvalue weighted by Crippen LogP contribution is 2.33. The number of nitrogens with one attached hydrogen (secondary N) is 4. The molecule has 6 amide bonds. The van der Waals surface area contributed by atoms with Crippen LogP contribution in [0.5, 0.6) is 5.75 Å². The number of nitrogens with zero attached hydrogens (tertiary/aromatic N) is 1. The molecule has 2 heterocycles. The van der Waals surface area contributed by atoms with Gasteiger partial charge in [0, 0.05) is 23.8 Å². The molecule has 1 aromatic rings. The number of carbonyl (C=O) groups is 7. The highest BCUT2D eigenvalue weighted by molar-refractivity contribution is 8.00. The first-order chi connectivity index (χ1) is 23.1. The lowest BCUT2D eigenvalue weighted by molar-refractivity contribution is -0.152. The summed E-state index contributed by atoms with van der Waals surface area (Å²) in [5.41, 5.74) is 6.08. The third kappa shape index (κ3) is 11.0. The van der Waals surface area contributed by atoms with Crippen LogP contribution in [-0.2, 0) is 35.2 Å². The van der Waals surface area contributed by atoms with E-state index in [1.165, 1.54) is 19.1 Å². The van der Waals surface area contributed by atoms with E-state index in [9.17, 15) is 43.8 Å². The van der Waals surface area contributed by atoms with Gasteiger partial charge < -0.3 is 42.1 Å². The average Bonchev–Trinajstić information content (AvgIpc) is 3.60. The van der Waals surface area contributed by atoms with Gasteiger partial charge >= 0.3 is 12.0 Å². The summed E-state index contributed by atoms with van der Waals surface area (Å²) < 4.78 is 0. The molecule has 8 N–H and O–H groups in total. The number of urea groups is 1. The molecule has 2 aliphatic rings. The predicted molar refractivity (Wildman–Crippen MR) is 182 cm³/mol. The van der Waals surface area contributed by atoms with Crippen molar-refractivity contribution in [3.63, 3.8) is 0 Å². The molecule has 0 spiro atoms. The van der Waals surface area contributed by atoms with Crippen LogP contribution in [0.4, 0.5) is 4.79 Å². The number of amides is 6. The summed E-state index contributed by atoms with van der Waals surface area (Å²) in [4.78, 5) is 89.9. The van der Waals surface area contributed by atoms with E-state index < -0.39 is 77.8 Å². The maximum absolute atomic E-state index is 14.0. The van der Waals surface area contributed by atoms with E-state index >= 15 is 0 Å². The number of carboxylic acid groups (broad SMARTS) is 1. The quantitative estimate of drug-likeness (QED) is 0.0597. The van der Waals surface area contributed by atoms with E-state index in [0.29, 0.717) is 12.0 Å². The molecular weight excluding hydrogens is 680 g/mol. The minimum atomic E-state index is -1.63. The second kappa shape index (κ2) is 18.1. The fourth-order valence-electron chi connectivity index (χ4n) is 5.92. The Balaban J connectivity index is 1.76. The van der Waals surface area contributed by atoms with E-state index in [2.05, 4.69) is 21.3 Å². The van der Waals surface area contributed by atoms with Crippen molar-refractivity contribution in [1.29, 1.82) is 0 Å². The van der Waals surface area contributed by atoms with E-state index in [4.69, 9.17) is 17.3 Å². The van der Waals surface area contributed by atoms with Gasteiger partial charge in [-0.1, -0.05) is 32.4 Å². The lowest BCUT2D eigenvalue weighted by Crippen LogP contribution is -2.62. The van der Waals surface area contributed by atoms with Crippen LogP contribution >= 0.6 is 23.4 Å². The fraction of sp³-hybridized carbons (Fsp3) is 0.594. The molecule has 270 valence electrons. The number of hydrogen-bond donors (Lipinski definition) is 7. The largest absolute Gasteiger partial charge is 0.508 e. The number of carbonyl (C=O) groups excluding carboxylic acids is 6. The van der Waals surface area contributed by atoms with Crippen molar-refractivity contribution in [3.05, 3.63) is 29.8 Å². The molecular formula is C32H45ClN6O9S. The van der Waals surface area contributed by atoms with Gasteiger partial charge in [-0.25, -0.2) is 4.79 Å². The average molecular weight is 725 g/mol. The predicted octanol–water partition coefficient (Wildman–Crippen LogP) is 0.640. The van der Waals surface area contributed by atoms with Gasteiger partial charge in [0.2, 0.25) is 23.6 Å². The number of thioether (sulfide) groups is 1. The number of aliphatic carboxylic acids is 1. The summed E-state index contributed by atoms with van der Waals surface area (Å²) in [6.45, 7) is 4.46. The number of aromatic hydroxyl groups is 1. The van der Waals surface area contributed by atoms with Crippen LogP contribution in [0.3, 0.4) is 0 Å². The van der Waals surface area contributed by atoms with Gasteiger partial charge in [-0.05, 0) is 43.4 Å². The van der Waals surface area contributed by atoms with Gasteiger partial charge in [-0.15, -0.1) is 11.6 Å². The van der Waals surface area contributed by atoms with Gasteiger partial charge in [-0.2, -0.15) is 11.8 Å². The van der Waals surface area contributed by atoms with Crippen molar-refractivity contribution < 1.29 is 43.8 Å². The molecule has 17 heteroatoms. The number of phenols is 1. The van der Waals surface area contributed by atoms with Crippen LogP contribution in [0.25, 0.3) is 0 Å². The van der Waals surface area contributed by atoms with Crippen LogP contribution < -0.4 is 27.0 Å². The monoisotopic (exact) mass is 724 g/mol. The highest BCUT2D eigenvalue weighted by Gasteiger charge is 2.43. The number of unbranched alkanes of at least 4 members (excludes halogenated alkanes) is 1. The number of halogens is 1. The number of phenolic OH excluding ortho intramolecular Hbond substituents is 1. The summed E-state index contributed by atoms with van der Waals surface area (Å²) in [5, 5.41) is 30.7. The number of carboxylic acids is 1. The second-order valence-electron chi connectivity index (χ2n) is 12.6. The van der Waals surface area contributed by atoms with Crippen molar-refractivity contribution in [3.8, 4) is 5.75 Å². The summed E-state index contributed by atoms with van der Waals surface area (Å²) >= 11 is 7.51. The Bertz CT molecular complexity index is 1400. The molecule has 1 aromatic carbocycles. The first-order valence-electron chi connectivity index (χ1n) is 16.1. The first-order valence-corrected chi connectivity index (χ1v) is 17.7. The summed E-state index contributed by atoms with van der Waals surface area (Å²) in [6, 6.07) is 0.427. The number of ketones is 1. The molecule has 3 rings (SSSR count). The van der Waals surface area contributed by atoms with E-state index in [-0.39, 0.29) is 42.0 Å². The molecule has 2 aliphatic heterocycles. The maximum Gasteiger partial charge on any atom is 0.315 e. The van der Waals surface area contributed by atoms with E-state index in [1.807, 2.05) is 0 Å². The van der Waals surface area contributed by atoms with Crippen LogP contribution in [0.2, 0.25) is 0 Å². The zero-order valence-electron chi connectivity index (χ0n) is 27.6. The zero-order valence-corrected chi connectivity index (χ0v) is 29.2. The highest BCUT2D eigenvalue weighted by atomic mass is 35.5. The number of benzene rings is 1. The molecule has 0 aromatic heterocycles. The molecule has 2 fully saturated rings. The van der Waals surface area contributed by atoms with Crippen LogP contribution in [-0.4, -0.2) is 110 Å². The molecule has 0 radical (unpaired) electrons. The van der Waals surface area contributed by atoms with Crippen LogP contribution in [0.1, 0.15) is 58.4 Å². The van der Waals surface area contributed by atoms with E-state index in [1.54, 1.807) is 37.7 Å². The molecule has 0 saturated carbocycles. The van der Waals surface area contributed by atoms with Crippen LogP contribution in [0, 0.1) is 5.92 Å². The lowest BCUT2D eigenvalue weighted by Gasteiger charge is -2.37. The Morgan fingerprint density at radius 1 is 1.06 bits per heavy atom. The number of nitrogens with two attached hydrogens (primary N) is 1. The Labute approximate surface area is 293 Å². The topological polar surface area (TPSA) is 237 Å². The number of Topliss-reactive ketones (excluding diaryl/α,β-unsaturated/α-hetero) is 1. The first kappa shape index (κ1) is 39.4. The summed E-state index contributed by atoms with van der Waals surface area (Å²) in [5.74, 6) is -5.75. The van der Waals surface area contributed by atoms with Crippen molar-refractivity contribution in [2.24, 2.45) is 11.7 Å². The maximum atomic E-state index is 14.0. The number of alkyl halides is 1. The molecule has 15 nitrogen and oxygen atoms in total. The fourth-order valence-corrected chi connectivity index (χ4v) is 7.64. The Morgan fingerprint density at radius 3 is 2.33 bits per heavy atom. The molecule has 0 unspecified atom stereocenters. The minimum absolute atomic E-state index is 0.000877. The standard InChI is InChI=1S/C32H45ClN6O9S/c1-16(2)27(31(47)39(17(3)29(34)45)22(13-26(43)44)23(41)14-33)37-30(46)20(12-18-8-10-19(40)11-9-18)35-25(42)7-5-4-6-24-28-21(15-49-24)36-32(48)38-28/h8-11,16-17,20-22,24,27-28,40H,4-7,12-15H2,1-3H3,(H2,34,45)(H,35,42)(H,37,46)(H,43,44)(H2,36,38,48)/t17-,20-,21-,22-,24-,27-,28-/m0/s1. The molecule has 0 aliphatic carbocycles. The smallest absolute Gasteiger partial charge is 0.315 e. The van der Waals surface area contributed by atoms with Crippen LogP contribution in [0.15, 0.2) is 24.3 Å². The Morgan fingerprint density at radius 2 is 1.73 bits per heavy atom. The van der Waals surface area contributed by atoms with Crippen molar-refractivity contribution >= 4 is 64.8 Å². The van der Waals surface area contributed by atoms with Gasteiger partial charge in [0.15, 0.2) is 5.78 Å². The van der Waals surface area contributed by atoms with Gasteiger partial charge in [-0.3, -0.25) is 28.8 Å². The van der Waals surface area contributed by atoms with Gasteiger partial charge in [0.1, 0.15) is 29.9 Å². The van der Waals surface area contributed by atoms with Crippen molar-refractivity contribution in [1.82, 2.24) is 26.2 Å². The lowest BCUT2D eigenvalue weighted by atomic mass is 9.97.